The molecular weight excluding hydrogens is 1530 g/mol. The maximum Gasteiger partial charge on any atom is 0.217 e. The zero-order chi connectivity index (χ0) is 95.0. The molecule has 0 bridgehead atoms. The normalized spacial score (nSPS) is 15.0. The number of allylic oxidation sites excluding steroid dienone is 30. The molecule has 6 aliphatic heterocycles. The van der Waals surface area contributed by atoms with Gasteiger partial charge in [0.15, 0.2) is 69.7 Å². The third kappa shape index (κ3) is 26.7. The van der Waals surface area contributed by atoms with Crippen LogP contribution in [-0.2, 0) is 77.8 Å². The molecule has 0 fully saturated rings. The summed E-state index contributed by atoms with van der Waals surface area (Å²) in [5, 5.41) is 0. The van der Waals surface area contributed by atoms with E-state index < -0.39 is 0 Å². The summed E-state index contributed by atoms with van der Waals surface area (Å²) in [6.45, 7) is 78.5. The lowest BCUT2D eigenvalue weighted by Crippen LogP contribution is -2.39. The molecule has 0 saturated carbocycles. The van der Waals surface area contributed by atoms with Crippen molar-refractivity contribution in [3.05, 3.63) is 317 Å². The van der Waals surface area contributed by atoms with E-state index in [1.165, 1.54) is 146 Å². The van der Waals surface area contributed by atoms with Gasteiger partial charge in [-0.3, -0.25) is 0 Å². The van der Waals surface area contributed by atoms with Crippen molar-refractivity contribution in [2.45, 2.75) is 366 Å². The lowest BCUT2D eigenvalue weighted by atomic mass is 10.0. The molecule has 0 radical (unpaired) electrons. The van der Waals surface area contributed by atoms with E-state index in [1.807, 2.05) is 249 Å². The first-order chi connectivity index (χ1) is 62.6. The first kappa shape index (κ1) is 114. The SMILES string of the molecule is C1=CC2=C(C1)c1c3c(cc[n+]1C2)C=CC3.C1=CC2=C(C1)c1c3c(cc[n+]1C2)CC=C3.C1=CC2=C(C1)c1cc3c(c[n+]1C2)C=CC3.C1=CC2=C(C1)c1cc3c(c[n+]1C2)CC=C3.C1=CC2=C(C1)c1ccc3c([n+]1C2)C=CC3.C1=CC2=C(C1)c1ccc3c([n+]1C2)CC=C3.CC.CC.CC.CC.CC.CC.CC.CC.CC.CC.CC.CC.CC.CC.CC.CC.CC.CC. The summed E-state index contributed by atoms with van der Waals surface area (Å²) in [6, 6.07) is 18.4. The molecule has 0 aromatic carbocycles. The highest BCUT2D eigenvalue weighted by atomic mass is 15.0. The monoisotopic (exact) mass is 1710 g/mol. The number of nitrogens with zero attached hydrogens (tertiary/aromatic N) is 6. The van der Waals surface area contributed by atoms with Gasteiger partial charge in [-0.1, -0.05) is 389 Å². The molecule has 126 heavy (non-hydrogen) atoms. The average Bonchev–Trinajstić information content (AvgIpc) is 1.63. The molecule has 684 valence electrons. The second kappa shape index (κ2) is 64.9. The van der Waals surface area contributed by atoms with Crippen LogP contribution in [0.3, 0.4) is 0 Å². The Balaban J connectivity index is 0.000000704. The third-order valence-corrected chi connectivity index (χ3v) is 21.7. The van der Waals surface area contributed by atoms with Crippen LogP contribution in [0.15, 0.2) is 216 Å². The second-order valence-corrected chi connectivity index (χ2v) is 26.7. The number of hydrogen-bond acceptors (Lipinski definition) is 0. The van der Waals surface area contributed by atoms with Gasteiger partial charge < -0.3 is 0 Å². The zero-order valence-electron chi connectivity index (χ0n) is 87.2. The van der Waals surface area contributed by atoms with Crippen LogP contribution in [0.5, 0.6) is 0 Å². The van der Waals surface area contributed by atoms with Gasteiger partial charge in [-0.25, -0.2) is 0 Å². The van der Waals surface area contributed by atoms with Gasteiger partial charge in [0.25, 0.3) is 0 Å². The molecule has 0 saturated heterocycles. The molecule has 0 amide bonds. The Morgan fingerprint density at radius 3 is 1.10 bits per heavy atom. The van der Waals surface area contributed by atoms with Gasteiger partial charge in [-0.15, -0.1) is 0 Å². The van der Waals surface area contributed by atoms with E-state index in [1.54, 1.807) is 22.3 Å². The van der Waals surface area contributed by atoms with Crippen LogP contribution in [0.4, 0.5) is 0 Å². The molecule has 12 aliphatic carbocycles. The van der Waals surface area contributed by atoms with E-state index >= 15 is 0 Å². The van der Waals surface area contributed by atoms with E-state index in [0.29, 0.717) is 0 Å². The summed E-state index contributed by atoms with van der Waals surface area (Å²) in [5.41, 5.74) is 44.6. The molecule has 6 aromatic heterocycles. The molecule has 6 heteroatoms. The molecule has 0 unspecified atom stereocenters. The van der Waals surface area contributed by atoms with Crippen LogP contribution in [-0.4, -0.2) is 0 Å². The Kier molecular flexibility index (Phi) is 58.8. The van der Waals surface area contributed by atoms with Gasteiger partial charge in [0, 0.05) is 143 Å². The predicted molar refractivity (Wildman–Crippen MR) is 565 cm³/mol. The molecule has 24 rings (SSSR count). The van der Waals surface area contributed by atoms with Gasteiger partial charge in [-0.05, 0) is 105 Å². The van der Waals surface area contributed by atoms with E-state index in [2.05, 4.69) is 247 Å². The Morgan fingerprint density at radius 2 is 0.556 bits per heavy atom. The maximum absolute atomic E-state index is 2.49. The molecule has 6 nitrogen and oxygen atoms in total. The van der Waals surface area contributed by atoms with E-state index in [4.69, 9.17) is 0 Å². The van der Waals surface area contributed by atoms with Crippen molar-refractivity contribution in [1.82, 2.24) is 0 Å². The highest BCUT2D eigenvalue weighted by Crippen LogP contribution is 2.41. The zero-order valence-corrected chi connectivity index (χ0v) is 87.2. The van der Waals surface area contributed by atoms with E-state index in [-0.39, 0.29) is 0 Å². The number of aromatic nitrogens is 6. The molecule has 12 heterocycles. The number of pyridine rings is 6. The number of rotatable bonds is 0. The predicted octanol–water partition coefficient (Wildman–Crippen LogP) is 32.1. The van der Waals surface area contributed by atoms with Crippen LogP contribution in [0.25, 0.3) is 69.9 Å². The molecule has 0 atom stereocenters. The molecular formula is C120H180N6+6. The van der Waals surface area contributed by atoms with Crippen molar-refractivity contribution in [2.24, 2.45) is 0 Å². The van der Waals surface area contributed by atoms with Crippen LogP contribution >= 0.6 is 0 Å². The summed E-state index contributed by atoms with van der Waals surface area (Å²) in [5.74, 6) is 0. The topological polar surface area (TPSA) is 23.3 Å². The van der Waals surface area contributed by atoms with E-state index in [9.17, 15) is 0 Å². The van der Waals surface area contributed by atoms with Crippen LogP contribution in [0.1, 0.15) is 389 Å². The van der Waals surface area contributed by atoms with Gasteiger partial charge in [-0.2, -0.15) is 27.4 Å². The van der Waals surface area contributed by atoms with E-state index in [0.717, 1.165) is 116 Å². The number of hydrogen-bond donors (Lipinski definition) is 0. The minimum absolute atomic E-state index is 1.07. The van der Waals surface area contributed by atoms with Gasteiger partial charge in [0.1, 0.15) is 0 Å². The third-order valence-electron chi connectivity index (χ3n) is 21.7. The highest BCUT2D eigenvalue weighted by Gasteiger charge is 2.39. The fraction of sp³-hybridized carbons (Fsp3) is 0.450. The summed E-state index contributed by atoms with van der Waals surface area (Å²) in [7, 11) is 0. The minimum atomic E-state index is 1.07. The lowest BCUT2D eigenvalue weighted by molar-refractivity contribution is -0.692. The Labute approximate surface area is 775 Å². The van der Waals surface area contributed by atoms with Crippen molar-refractivity contribution in [1.29, 1.82) is 0 Å². The quantitative estimate of drug-likeness (QED) is 0.135. The van der Waals surface area contributed by atoms with Crippen molar-refractivity contribution < 1.29 is 27.4 Å². The van der Waals surface area contributed by atoms with Gasteiger partial charge in [0.2, 0.25) is 39.9 Å². The first-order valence-corrected chi connectivity index (χ1v) is 51.2. The van der Waals surface area contributed by atoms with Crippen LogP contribution in [0.2, 0.25) is 0 Å². The van der Waals surface area contributed by atoms with Gasteiger partial charge in [0.05, 0.1) is 6.42 Å². The standard InChI is InChI=1S/6C14H12N.18C2H6/c2*1-4-11-9-15-13-6-2-3-10(13)7-8-14(15)12(11)5-1;2*1-3-10-7-8-15-9-11-4-2-6-13(11)14(15)12(10)5-1;2*1-3-10-7-14-13-6-2-5-12(13)9-15(14)8-11(10)4-1;18*1-2/h1-2,4,6-8H,3,5,9H2;1-4,7-8H,5-6,9H2;1-2,4-5,7-8H,3,6,9H2;1-4,7-8H,5-6,9H2;1-2,4-5,7-8H,3,6,9H2;1-3,5,7-8H,4,6,9H2;18*1-2H3/q6*+1;;;;;;;;;;;;;;;;;;. The van der Waals surface area contributed by atoms with Crippen molar-refractivity contribution in [3.8, 4) is 0 Å². The van der Waals surface area contributed by atoms with Crippen LogP contribution in [0, 0.1) is 0 Å². The summed E-state index contributed by atoms with van der Waals surface area (Å²) < 4.78 is 14.5. The Hall–Kier alpha value is -9.78. The summed E-state index contributed by atoms with van der Waals surface area (Å²) in [4.78, 5) is 0. The summed E-state index contributed by atoms with van der Waals surface area (Å²) in [6.07, 6.45) is 77.0. The lowest BCUT2D eigenvalue weighted by Gasteiger charge is -2.03. The molecule has 6 aromatic rings. The summed E-state index contributed by atoms with van der Waals surface area (Å²) >= 11 is 0. The average molecular weight is 1710 g/mol. The van der Waals surface area contributed by atoms with Crippen molar-refractivity contribution in [2.75, 3.05) is 0 Å². The highest BCUT2D eigenvalue weighted by molar-refractivity contribution is 5.82. The fourth-order valence-electron chi connectivity index (χ4n) is 17.3. The largest absolute Gasteiger partial charge is 0.217 e. The van der Waals surface area contributed by atoms with Crippen LogP contribution < -0.4 is 27.4 Å². The number of fused-ring (bicyclic) bond motifs is 22. The molecule has 0 N–H and O–H groups in total. The molecule has 18 aliphatic rings. The second-order valence-electron chi connectivity index (χ2n) is 26.7. The first-order valence-electron chi connectivity index (χ1n) is 51.2. The van der Waals surface area contributed by atoms with Gasteiger partial charge >= 0.3 is 0 Å². The van der Waals surface area contributed by atoms with Crippen molar-refractivity contribution >= 4 is 69.9 Å². The van der Waals surface area contributed by atoms with Crippen molar-refractivity contribution in [3.63, 3.8) is 0 Å². The molecule has 0 spiro atoms. The Morgan fingerprint density at radius 1 is 0.206 bits per heavy atom. The smallest absolute Gasteiger partial charge is 0.194 e. The minimum Gasteiger partial charge on any atom is -0.194 e. The Bertz CT molecular complexity index is 4960. The fourth-order valence-corrected chi connectivity index (χ4v) is 17.3. The maximum atomic E-state index is 2.49.